The Kier molecular flexibility index (Phi) is 4.01. The van der Waals surface area contributed by atoms with E-state index in [0.29, 0.717) is 24.5 Å². The summed E-state index contributed by atoms with van der Waals surface area (Å²) < 4.78 is 11.0. The number of hydrogen-bond acceptors (Lipinski definition) is 4. The Balaban J connectivity index is 1.68. The second-order valence-corrected chi connectivity index (χ2v) is 6.06. The van der Waals surface area contributed by atoms with Gasteiger partial charge in [0.05, 0.1) is 11.3 Å². The van der Waals surface area contributed by atoms with E-state index >= 15 is 0 Å². The molecule has 1 saturated heterocycles. The molecule has 5 nitrogen and oxygen atoms in total. The normalized spacial score (nSPS) is 19.9. The van der Waals surface area contributed by atoms with Crippen molar-refractivity contribution in [3.8, 4) is 5.75 Å². The smallest absolute Gasteiger partial charge is 0.255 e. The molecule has 1 fully saturated rings. The number of ether oxygens (including phenoxy) is 2. The molecule has 2 heterocycles. The first-order valence-corrected chi connectivity index (χ1v) is 7.54. The average molecular weight is 290 g/mol. The Morgan fingerprint density at radius 3 is 2.95 bits per heavy atom. The highest BCUT2D eigenvalue weighted by molar-refractivity contribution is 5.99. The molecule has 1 amide bonds. The summed E-state index contributed by atoms with van der Waals surface area (Å²) in [6.07, 6.45) is 1.97. The third-order valence-corrected chi connectivity index (χ3v) is 4.30. The van der Waals surface area contributed by atoms with Gasteiger partial charge in [0.2, 0.25) is 0 Å². The van der Waals surface area contributed by atoms with E-state index in [9.17, 15) is 4.79 Å². The summed E-state index contributed by atoms with van der Waals surface area (Å²) in [5.41, 5.74) is 1.63. The van der Waals surface area contributed by atoms with Gasteiger partial charge >= 0.3 is 0 Å². The average Bonchev–Trinajstić information content (AvgIpc) is 2.53. The van der Waals surface area contributed by atoms with Crippen LogP contribution in [-0.4, -0.2) is 38.8 Å². The van der Waals surface area contributed by atoms with E-state index in [1.165, 1.54) is 0 Å². The first kappa shape index (κ1) is 14.2. The van der Waals surface area contributed by atoms with Crippen molar-refractivity contribution in [2.45, 2.75) is 19.8 Å². The minimum Gasteiger partial charge on any atom is -0.489 e. The van der Waals surface area contributed by atoms with Crippen molar-refractivity contribution in [2.75, 3.05) is 38.2 Å². The van der Waals surface area contributed by atoms with Crippen molar-refractivity contribution in [1.29, 1.82) is 0 Å². The Morgan fingerprint density at radius 2 is 2.14 bits per heavy atom. The van der Waals surface area contributed by atoms with Crippen molar-refractivity contribution in [3.63, 3.8) is 0 Å². The van der Waals surface area contributed by atoms with Crippen molar-refractivity contribution in [1.82, 2.24) is 5.32 Å². The molecule has 5 heteroatoms. The summed E-state index contributed by atoms with van der Waals surface area (Å²) >= 11 is 0. The van der Waals surface area contributed by atoms with E-state index in [4.69, 9.17) is 9.47 Å². The molecule has 0 aliphatic carbocycles. The molecule has 1 aromatic carbocycles. The Labute approximate surface area is 125 Å². The van der Waals surface area contributed by atoms with Gasteiger partial charge in [0, 0.05) is 26.3 Å². The molecule has 0 atom stereocenters. The summed E-state index contributed by atoms with van der Waals surface area (Å²) in [7, 11) is 0. The minimum absolute atomic E-state index is 0.0664. The molecule has 0 radical (unpaired) electrons. The number of amides is 1. The fourth-order valence-corrected chi connectivity index (χ4v) is 2.78. The van der Waals surface area contributed by atoms with E-state index in [1.54, 1.807) is 0 Å². The number of para-hydroxylation sites is 1. The van der Waals surface area contributed by atoms with Gasteiger partial charge < -0.3 is 20.1 Å². The fraction of sp³-hybridized carbons (Fsp3) is 0.562. The molecule has 2 aliphatic heterocycles. The topological polar surface area (TPSA) is 59.6 Å². The SMILES string of the molecule is CC1(CNC(=O)c2cccc3c2OCCN3)CCOCC1. The van der Waals surface area contributed by atoms with Gasteiger partial charge in [-0.15, -0.1) is 0 Å². The molecule has 2 aliphatic rings. The van der Waals surface area contributed by atoms with Crippen LogP contribution in [-0.2, 0) is 4.74 Å². The van der Waals surface area contributed by atoms with Crippen LogP contribution in [0.1, 0.15) is 30.1 Å². The molecular formula is C16H22N2O3. The molecule has 114 valence electrons. The number of carbonyl (C=O) groups excluding carboxylic acids is 1. The summed E-state index contributed by atoms with van der Waals surface area (Å²) in [5, 5.41) is 6.31. The van der Waals surface area contributed by atoms with Crippen LogP contribution in [0, 0.1) is 5.41 Å². The highest BCUT2D eigenvalue weighted by Gasteiger charge is 2.28. The van der Waals surface area contributed by atoms with E-state index in [0.717, 1.165) is 38.3 Å². The zero-order valence-electron chi connectivity index (χ0n) is 12.4. The zero-order chi connectivity index (χ0) is 14.7. The maximum absolute atomic E-state index is 12.5. The second-order valence-electron chi connectivity index (χ2n) is 6.06. The first-order chi connectivity index (χ1) is 10.2. The number of nitrogens with one attached hydrogen (secondary N) is 2. The first-order valence-electron chi connectivity index (χ1n) is 7.54. The predicted molar refractivity (Wildman–Crippen MR) is 80.9 cm³/mol. The van der Waals surface area contributed by atoms with E-state index < -0.39 is 0 Å². The van der Waals surface area contributed by atoms with Crippen LogP contribution < -0.4 is 15.4 Å². The van der Waals surface area contributed by atoms with Crippen LogP contribution in [0.4, 0.5) is 5.69 Å². The van der Waals surface area contributed by atoms with Gasteiger partial charge in [0.25, 0.3) is 5.91 Å². The summed E-state index contributed by atoms with van der Waals surface area (Å²) in [5.74, 6) is 0.599. The van der Waals surface area contributed by atoms with Gasteiger partial charge in [-0.3, -0.25) is 4.79 Å². The van der Waals surface area contributed by atoms with Gasteiger partial charge in [-0.05, 0) is 30.4 Å². The van der Waals surface area contributed by atoms with Crippen LogP contribution in [0.2, 0.25) is 0 Å². The molecule has 21 heavy (non-hydrogen) atoms. The number of hydrogen-bond donors (Lipinski definition) is 2. The number of anilines is 1. The number of fused-ring (bicyclic) bond motifs is 1. The van der Waals surface area contributed by atoms with Crippen molar-refractivity contribution < 1.29 is 14.3 Å². The predicted octanol–water partition coefficient (Wildman–Crippen LogP) is 2.04. The van der Waals surface area contributed by atoms with Crippen molar-refractivity contribution in [3.05, 3.63) is 23.8 Å². The van der Waals surface area contributed by atoms with Crippen LogP contribution in [0.15, 0.2) is 18.2 Å². The standard InChI is InChI=1S/C16H22N2O3/c1-16(5-8-20-9-6-16)11-18-15(19)12-3-2-4-13-14(12)21-10-7-17-13/h2-4,17H,5-11H2,1H3,(H,18,19). The lowest BCUT2D eigenvalue weighted by molar-refractivity contribution is 0.0238. The van der Waals surface area contributed by atoms with Gasteiger partial charge in [0.15, 0.2) is 5.75 Å². The van der Waals surface area contributed by atoms with E-state index in [2.05, 4.69) is 17.6 Å². The van der Waals surface area contributed by atoms with Gasteiger partial charge in [-0.2, -0.15) is 0 Å². The number of benzene rings is 1. The lowest BCUT2D eigenvalue weighted by atomic mass is 9.82. The fourth-order valence-electron chi connectivity index (χ4n) is 2.78. The van der Waals surface area contributed by atoms with Crippen LogP contribution in [0.25, 0.3) is 0 Å². The molecule has 0 saturated carbocycles. The minimum atomic E-state index is -0.0664. The Bertz CT molecular complexity index is 524. The summed E-state index contributed by atoms with van der Waals surface area (Å²) in [6.45, 7) is 5.80. The molecule has 0 spiro atoms. The monoisotopic (exact) mass is 290 g/mol. The zero-order valence-corrected chi connectivity index (χ0v) is 12.4. The lowest BCUT2D eigenvalue weighted by Gasteiger charge is -2.33. The highest BCUT2D eigenvalue weighted by Crippen LogP contribution is 2.32. The highest BCUT2D eigenvalue weighted by atomic mass is 16.5. The third-order valence-electron chi connectivity index (χ3n) is 4.30. The summed E-state index contributed by atoms with van der Waals surface area (Å²) in [4.78, 5) is 12.5. The van der Waals surface area contributed by atoms with E-state index in [1.807, 2.05) is 18.2 Å². The molecular weight excluding hydrogens is 268 g/mol. The molecule has 3 rings (SSSR count). The third kappa shape index (κ3) is 3.13. The Morgan fingerprint density at radius 1 is 1.33 bits per heavy atom. The quantitative estimate of drug-likeness (QED) is 0.894. The lowest BCUT2D eigenvalue weighted by Crippen LogP contribution is -2.39. The van der Waals surface area contributed by atoms with Gasteiger partial charge in [-0.25, -0.2) is 0 Å². The van der Waals surface area contributed by atoms with Crippen LogP contribution in [0.5, 0.6) is 5.75 Å². The van der Waals surface area contributed by atoms with E-state index in [-0.39, 0.29) is 11.3 Å². The van der Waals surface area contributed by atoms with Crippen molar-refractivity contribution in [2.24, 2.45) is 5.41 Å². The largest absolute Gasteiger partial charge is 0.489 e. The molecule has 0 unspecified atom stereocenters. The maximum Gasteiger partial charge on any atom is 0.255 e. The molecule has 0 aromatic heterocycles. The van der Waals surface area contributed by atoms with Gasteiger partial charge in [0.1, 0.15) is 6.61 Å². The maximum atomic E-state index is 12.5. The Hall–Kier alpha value is -1.75. The van der Waals surface area contributed by atoms with Gasteiger partial charge in [-0.1, -0.05) is 13.0 Å². The van der Waals surface area contributed by atoms with Crippen LogP contribution in [0.3, 0.4) is 0 Å². The second kappa shape index (κ2) is 5.93. The van der Waals surface area contributed by atoms with Crippen LogP contribution >= 0.6 is 0 Å². The molecule has 2 N–H and O–H groups in total. The number of carbonyl (C=O) groups is 1. The number of rotatable bonds is 3. The molecule has 0 bridgehead atoms. The molecule has 1 aromatic rings. The van der Waals surface area contributed by atoms with Crippen molar-refractivity contribution >= 4 is 11.6 Å². The summed E-state index contributed by atoms with van der Waals surface area (Å²) in [6, 6.07) is 5.63.